The lowest BCUT2D eigenvalue weighted by Gasteiger charge is -2.08. The molecule has 94 valence electrons. The van der Waals surface area contributed by atoms with Gasteiger partial charge in [0.05, 0.1) is 0 Å². The first-order valence-corrected chi connectivity index (χ1v) is 6.49. The summed E-state index contributed by atoms with van der Waals surface area (Å²) in [5.74, 6) is 0. The van der Waals surface area contributed by atoms with Crippen LogP contribution in [0.3, 0.4) is 0 Å². The molecule has 3 heteroatoms. The van der Waals surface area contributed by atoms with Crippen molar-refractivity contribution in [3.8, 4) is 0 Å². The van der Waals surface area contributed by atoms with Crippen molar-refractivity contribution in [2.24, 2.45) is 5.73 Å². The molecule has 1 aromatic rings. The summed E-state index contributed by atoms with van der Waals surface area (Å²) in [6, 6.07) is 6.20. The van der Waals surface area contributed by atoms with E-state index >= 15 is 0 Å². The first-order valence-electron chi connectivity index (χ1n) is 6.49. The van der Waals surface area contributed by atoms with Gasteiger partial charge in [-0.25, -0.2) is 4.39 Å². The molecule has 1 aliphatic rings. The first kappa shape index (κ1) is 12.4. The van der Waals surface area contributed by atoms with Gasteiger partial charge in [-0.2, -0.15) is 0 Å². The fraction of sp³-hybridized carbons (Fsp3) is 0.571. The van der Waals surface area contributed by atoms with Crippen LogP contribution in [-0.2, 0) is 12.8 Å². The fourth-order valence-electron chi connectivity index (χ4n) is 2.35. The van der Waals surface area contributed by atoms with E-state index < -0.39 is 6.17 Å². The Morgan fingerprint density at radius 1 is 1.18 bits per heavy atom. The van der Waals surface area contributed by atoms with Crippen LogP contribution in [0.5, 0.6) is 0 Å². The molecule has 1 unspecified atom stereocenters. The molecular weight excluding hydrogens is 215 g/mol. The second-order valence-corrected chi connectivity index (χ2v) is 4.77. The Labute approximate surface area is 102 Å². The number of rotatable bonds is 6. The Bertz CT molecular complexity index is 365. The number of hydrogen-bond acceptors (Lipinski definition) is 2. The molecule has 3 N–H and O–H groups in total. The maximum absolute atomic E-state index is 13.2. The lowest BCUT2D eigenvalue weighted by atomic mass is 10.1. The molecule has 0 aromatic heterocycles. The number of unbranched alkanes of at least 4 members (excludes halogenated alkanes) is 2. The molecule has 2 nitrogen and oxygen atoms in total. The van der Waals surface area contributed by atoms with Crippen LogP contribution in [0, 0.1) is 0 Å². The molecule has 2 rings (SSSR count). The van der Waals surface area contributed by atoms with Crippen molar-refractivity contribution in [2.45, 2.75) is 38.3 Å². The lowest BCUT2D eigenvalue weighted by molar-refractivity contribution is 0.349. The molecule has 0 fully saturated rings. The van der Waals surface area contributed by atoms with Crippen molar-refractivity contribution >= 4 is 5.69 Å². The maximum atomic E-state index is 13.2. The highest BCUT2D eigenvalue weighted by molar-refractivity contribution is 5.50. The largest absolute Gasteiger partial charge is 0.385 e. The summed E-state index contributed by atoms with van der Waals surface area (Å²) >= 11 is 0. The topological polar surface area (TPSA) is 38.0 Å². The van der Waals surface area contributed by atoms with Crippen LogP contribution in [0.15, 0.2) is 18.2 Å². The normalized spacial score (nSPS) is 18.1. The van der Waals surface area contributed by atoms with E-state index in [9.17, 15) is 4.39 Å². The zero-order valence-corrected chi connectivity index (χ0v) is 10.2. The molecule has 0 aliphatic heterocycles. The van der Waals surface area contributed by atoms with E-state index in [-0.39, 0.29) is 0 Å². The van der Waals surface area contributed by atoms with E-state index in [0.717, 1.165) is 31.6 Å². The molecule has 17 heavy (non-hydrogen) atoms. The fourth-order valence-corrected chi connectivity index (χ4v) is 2.35. The Morgan fingerprint density at radius 3 is 2.82 bits per heavy atom. The van der Waals surface area contributed by atoms with E-state index in [1.54, 1.807) is 0 Å². The number of halogens is 1. The molecule has 1 aromatic carbocycles. The van der Waals surface area contributed by atoms with Gasteiger partial charge >= 0.3 is 0 Å². The van der Waals surface area contributed by atoms with Gasteiger partial charge in [0.15, 0.2) is 0 Å². The number of nitrogens with two attached hydrogens (primary N) is 1. The molecule has 0 amide bonds. The predicted molar refractivity (Wildman–Crippen MR) is 70.1 cm³/mol. The van der Waals surface area contributed by atoms with Crippen LogP contribution in [0.1, 0.15) is 30.4 Å². The van der Waals surface area contributed by atoms with Crippen LogP contribution in [0.4, 0.5) is 10.1 Å². The highest BCUT2D eigenvalue weighted by Crippen LogP contribution is 2.26. The molecule has 0 bridgehead atoms. The summed E-state index contributed by atoms with van der Waals surface area (Å²) in [5.41, 5.74) is 8.90. The average molecular weight is 236 g/mol. The first-order chi connectivity index (χ1) is 8.29. The van der Waals surface area contributed by atoms with Gasteiger partial charge in [-0.05, 0) is 42.6 Å². The van der Waals surface area contributed by atoms with Gasteiger partial charge in [-0.3, -0.25) is 0 Å². The third-order valence-electron chi connectivity index (χ3n) is 3.30. The molecule has 0 heterocycles. The predicted octanol–water partition coefficient (Wildman–Crippen LogP) is 2.66. The summed E-state index contributed by atoms with van der Waals surface area (Å²) in [6.45, 7) is 1.74. The molecule has 1 aliphatic carbocycles. The summed E-state index contributed by atoms with van der Waals surface area (Å²) in [5, 5.41) is 3.38. The van der Waals surface area contributed by atoms with E-state index in [4.69, 9.17) is 5.73 Å². The second kappa shape index (κ2) is 6.01. The zero-order valence-electron chi connectivity index (χ0n) is 10.2. The van der Waals surface area contributed by atoms with Gasteiger partial charge < -0.3 is 11.1 Å². The van der Waals surface area contributed by atoms with Crippen LogP contribution in [-0.4, -0.2) is 19.3 Å². The third kappa shape index (κ3) is 3.43. The van der Waals surface area contributed by atoms with Crippen LogP contribution >= 0.6 is 0 Å². The van der Waals surface area contributed by atoms with Crippen molar-refractivity contribution in [2.75, 3.05) is 18.4 Å². The van der Waals surface area contributed by atoms with Crippen LogP contribution in [0.2, 0.25) is 0 Å². The molecule has 0 saturated heterocycles. The Balaban J connectivity index is 1.80. The average Bonchev–Trinajstić information content (AvgIpc) is 2.68. The highest BCUT2D eigenvalue weighted by atomic mass is 19.1. The third-order valence-corrected chi connectivity index (χ3v) is 3.30. The maximum Gasteiger partial charge on any atom is 0.108 e. The van der Waals surface area contributed by atoms with Crippen molar-refractivity contribution in [3.05, 3.63) is 29.3 Å². The van der Waals surface area contributed by atoms with Gasteiger partial charge in [0, 0.05) is 25.1 Å². The Kier molecular flexibility index (Phi) is 4.37. The molecule has 1 atom stereocenters. The quantitative estimate of drug-likeness (QED) is 0.745. The minimum absolute atomic E-state index is 0.581. The Hall–Kier alpha value is -1.09. The monoisotopic (exact) mass is 236 g/mol. The number of benzene rings is 1. The van der Waals surface area contributed by atoms with Crippen molar-refractivity contribution < 1.29 is 4.39 Å². The van der Waals surface area contributed by atoms with Gasteiger partial charge in [-0.1, -0.05) is 12.5 Å². The van der Waals surface area contributed by atoms with Crippen LogP contribution in [0.25, 0.3) is 0 Å². The van der Waals surface area contributed by atoms with Gasteiger partial charge in [0.25, 0.3) is 0 Å². The van der Waals surface area contributed by atoms with E-state index in [0.29, 0.717) is 12.8 Å². The van der Waals surface area contributed by atoms with Gasteiger partial charge in [0.1, 0.15) is 6.17 Å². The zero-order chi connectivity index (χ0) is 12.1. The number of hydrogen-bond donors (Lipinski definition) is 2. The summed E-state index contributed by atoms with van der Waals surface area (Å²) < 4.78 is 13.2. The SMILES string of the molecule is NCCCCCNc1ccc2c(c1)CC(F)C2. The number of fused-ring (bicyclic) bond motifs is 1. The van der Waals surface area contributed by atoms with Crippen molar-refractivity contribution in [1.29, 1.82) is 0 Å². The molecular formula is C14H21FN2. The van der Waals surface area contributed by atoms with Gasteiger partial charge in [0.2, 0.25) is 0 Å². The van der Waals surface area contributed by atoms with E-state index in [1.165, 1.54) is 17.5 Å². The molecule has 0 saturated carbocycles. The van der Waals surface area contributed by atoms with E-state index in [1.807, 2.05) is 0 Å². The van der Waals surface area contributed by atoms with Crippen molar-refractivity contribution in [3.63, 3.8) is 0 Å². The minimum atomic E-state index is -0.676. The summed E-state index contributed by atoms with van der Waals surface area (Å²) in [4.78, 5) is 0. The standard InChI is InChI=1S/C14H21FN2/c15-13-8-11-4-5-14(10-12(11)9-13)17-7-3-1-2-6-16/h4-5,10,13,17H,1-3,6-9,16H2. The minimum Gasteiger partial charge on any atom is -0.385 e. The highest BCUT2D eigenvalue weighted by Gasteiger charge is 2.20. The summed E-state index contributed by atoms with van der Waals surface area (Å²) in [6.07, 6.45) is 3.89. The summed E-state index contributed by atoms with van der Waals surface area (Å²) in [7, 11) is 0. The number of alkyl halides is 1. The lowest BCUT2D eigenvalue weighted by Crippen LogP contribution is -2.04. The van der Waals surface area contributed by atoms with E-state index in [2.05, 4.69) is 23.5 Å². The van der Waals surface area contributed by atoms with Crippen molar-refractivity contribution in [1.82, 2.24) is 0 Å². The Morgan fingerprint density at radius 2 is 2.00 bits per heavy atom. The second-order valence-electron chi connectivity index (χ2n) is 4.77. The number of anilines is 1. The number of nitrogens with one attached hydrogen (secondary N) is 1. The molecule has 0 spiro atoms. The van der Waals surface area contributed by atoms with Crippen LogP contribution < -0.4 is 11.1 Å². The molecule has 0 radical (unpaired) electrons. The van der Waals surface area contributed by atoms with Gasteiger partial charge in [-0.15, -0.1) is 0 Å². The smallest absolute Gasteiger partial charge is 0.108 e.